The van der Waals surface area contributed by atoms with E-state index in [9.17, 15) is 8.42 Å². The normalized spacial score (nSPS) is 15.1. The number of hydrogen-bond acceptors (Lipinski definition) is 8. The molecule has 0 atom stereocenters. The van der Waals surface area contributed by atoms with Crippen molar-refractivity contribution in [3.63, 3.8) is 0 Å². The zero-order valence-corrected chi connectivity index (χ0v) is 18.2. The fourth-order valence-corrected chi connectivity index (χ4v) is 4.79. The van der Waals surface area contributed by atoms with Crippen LogP contribution in [0, 0.1) is 6.92 Å². The number of aromatic nitrogens is 4. The molecule has 0 bridgehead atoms. The molecule has 2 aromatic heterocycles. The Morgan fingerprint density at radius 1 is 1.17 bits per heavy atom. The average molecular weight is 431 g/mol. The van der Waals surface area contributed by atoms with Gasteiger partial charge in [-0.2, -0.15) is 9.97 Å². The number of hydrogen-bond donors (Lipinski definition) is 1. The number of imidazole rings is 1. The minimum Gasteiger partial charge on any atom is -0.399 e. The van der Waals surface area contributed by atoms with E-state index in [1.165, 1.54) is 0 Å². The minimum atomic E-state index is -3.79. The van der Waals surface area contributed by atoms with Gasteiger partial charge >= 0.3 is 0 Å². The predicted octanol–water partition coefficient (Wildman–Crippen LogP) is 1.63. The standard InChI is InChI=1S/C20H26N6O3S/c1-4-16-22-17-18(25(16)3)23-20(24-19(17)26-7-9-29-10-8-26)30(27,28)12-14-6-5-13(2)15(21)11-14/h5-6,11H,4,7-10,12,21H2,1-3H3. The number of benzene rings is 1. The number of nitrogen functional groups attached to an aromatic ring is 1. The van der Waals surface area contributed by atoms with E-state index in [2.05, 4.69) is 15.0 Å². The van der Waals surface area contributed by atoms with Crippen molar-refractivity contribution in [3.05, 3.63) is 35.2 Å². The quantitative estimate of drug-likeness (QED) is 0.480. The van der Waals surface area contributed by atoms with Gasteiger partial charge in [0, 0.05) is 32.2 Å². The van der Waals surface area contributed by atoms with Crippen LogP contribution in [0.4, 0.5) is 11.5 Å². The number of ether oxygens (including phenoxy) is 1. The van der Waals surface area contributed by atoms with Crippen LogP contribution in [0.3, 0.4) is 0 Å². The third kappa shape index (κ3) is 3.72. The lowest BCUT2D eigenvalue weighted by Gasteiger charge is -2.28. The van der Waals surface area contributed by atoms with Gasteiger partial charge in [-0.25, -0.2) is 13.4 Å². The van der Waals surface area contributed by atoms with E-state index in [0.29, 0.717) is 61.0 Å². The van der Waals surface area contributed by atoms with Gasteiger partial charge in [0.05, 0.1) is 19.0 Å². The van der Waals surface area contributed by atoms with Gasteiger partial charge in [-0.15, -0.1) is 0 Å². The molecule has 2 N–H and O–H groups in total. The monoisotopic (exact) mass is 430 g/mol. The Kier molecular flexibility index (Phi) is 5.37. The van der Waals surface area contributed by atoms with Crippen molar-refractivity contribution < 1.29 is 13.2 Å². The summed E-state index contributed by atoms with van der Waals surface area (Å²) in [6, 6.07) is 5.27. The van der Waals surface area contributed by atoms with E-state index in [0.717, 1.165) is 11.4 Å². The van der Waals surface area contributed by atoms with Gasteiger partial charge in [0.2, 0.25) is 9.84 Å². The van der Waals surface area contributed by atoms with Gasteiger partial charge < -0.3 is 19.9 Å². The molecule has 1 fully saturated rings. The lowest BCUT2D eigenvalue weighted by molar-refractivity contribution is 0.122. The average Bonchev–Trinajstić information content (AvgIpc) is 3.06. The molecule has 0 aliphatic carbocycles. The topological polar surface area (TPSA) is 116 Å². The van der Waals surface area contributed by atoms with Crippen molar-refractivity contribution in [1.82, 2.24) is 19.5 Å². The smallest absolute Gasteiger partial charge is 0.251 e. The first-order valence-corrected chi connectivity index (χ1v) is 11.6. The fourth-order valence-electron chi connectivity index (χ4n) is 3.59. The molecule has 0 amide bonds. The molecule has 0 saturated carbocycles. The summed E-state index contributed by atoms with van der Waals surface area (Å²) < 4.78 is 33.7. The molecule has 30 heavy (non-hydrogen) atoms. The summed E-state index contributed by atoms with van der Waals surface area (Å²) in [6.07, 6.45) is 0.708. The van der Waals surface area contributed by atoms with E-state index < -0.39 is 9.84 Å². The zero-order chi connectivity index (χ0) is 21.5. The molecule has 4 rings (SSSR count). The maximum atomic E-state index is 13.2. The van der Waals surface area contributed by atoms with Gasteiger partial charge in [0.1, 0.15) is 5.82 Å². The van der Waals surface area contributed by atoms with Gasteiger partial charge in [-0.05, 0) is 24.1 Å². The summed E-state index contributed by atoms with van der Waals surface area (Å²) in [6.45, 7) is 6.25. The highest BCUT2D eigenvalue weighted by Crippen LogP contribution is 2.27. The SMILES string of the molecule is CCc1nc2c(N3CCOCC3)nc(S(=O)(=O)Cc3ccc(C)c(N)c3)nc2n1C. The van der Waals surface area contributed by atoms with E-state index in [1.807, 2.05) is 36.4 Å². The summed E-state index contributed by atoms with van der Waals surface area (Å²) in [5.74, 6) is 1.15. The summed E-state index contributed by atoms with van der Waals surface area (Å²) in [4.78, 5) is 15.6. The number of nitrogens with zero attached hydrogens (tertiary/aromatic N) is 5. The molecule has 1 aliphatic rings. The number of fused-ring (bicyclic) bond motifs is 1. The molecule has 1 aliphatic heterocycles. The highest BCUT2D eigenvalue weighted by atomic mass is 32.2. The van der Waals surface area contributed by atoms with Crippen LogP contribution in [-0.4, -0.2) is 54.2 Å². The highest BCUT2D eigenvalue weighted by molar-refractivity contribution is 7.90. The fraction of sp³-hybridized carbons (Fsp3) is 0.450. The molecular formula is C20H26N6O3S. The van der Waals surface area contributed by atoms with Gasteiger partial charge in [-0.3, -0.25) is 0 Å². The molecule has 160 valence electrons. The Hall–Kier alpha value is -2.72. The van der Waals surface area contributed by atoms with Crippen molar-refractivity contribution in [2.45, 2.75) is 31.2 Å². The van der Waals surface area contributed by atoms with E-state index in [-0.39, 0.29) is 10.9 Å². The summed E-state index contributed by atoms with van der Waals surface area (Å²) in [7, 11) is -1.94. The molecule has 9 nitrogen and oxygen atoms in total. The van der Waals surface area contributed by atoms with Crippen LogP contribution in [0.2, 0.25) is 0 Å². The van der Waals surface area contributed by atoms with Gasteiger partial charge in [-0.1, -0.05) is 19.1 Å². The van der Waals surface area contributed by atoms with Crippen LogP contribution in [0.5, 0.6) is 0 Å². The van der Waals surface area contributed by atoms with Crippen molar-refractivity contribution in [3.8, 4) is 0 Å². The Balaban J connectivity index is 1.83. The Morgan fingerprint density at radius 2 is 1.90 bits per heavy atom. The van der Waals surface area contributed by atoms with E-state index >= 15 is 0 Å². The molecule has 1 saturated heterocycles. The number of rotatable bonds is 5. The molecule has 0 unspecified atom stereocenters. The molecule has 10 heteroatoms. The van der Waals surface area contributed by atoms with Crippen molar-refractivity contribution >= 4 is 32.5 Å². The van der Waals surface area contributed by atoms with Gasteiger partial charge in [0.25, 0.3) is 5.16 Å². The number of morpholine rings is 1. The van der Waals surface area contributed by atoms with Crippen molar-refractivity contribution in [2.24, 2.45) is 7.05 Å². The first-order chi connectivity index (χ1) is 14.3. The third-order valence-corrected chi connectivity index (χ3v) is 6.83. The molecular weight excluding hydrogens is 404 g/mol. The second-order valence-corrected chi connectivity index (χ2v) is 9.38. The van der Waals surface area contributed by atoms with E-state index in [4.69, 9.17) is 10.5 Å². The molecule has 3 heterocycles. The molecule has 1 aromatic carbocycles. The number of aryl methyl sites for hydroxylation is 3. The van der Waals surface area contributed by atoms with Crippen LogP contribution in [0.15, 0.2) is 23.4 Å². The lowest BCUT2D eigenvalue weighted by Crippen LogP contribution is -2.37. The van der Waals surface area contributed by atoms with E-state index in [1.54, 1.807) is 12.1 Å². The zero-order valence-electron chi connectivity index (χ0n) is 17.4. The van der Waals surface area contributed by atoms with Crippen LogP contribution in [0.25, 0.3) is 11.2 Å². The molecule has 0 spiro atoms. The van der Waals surface area contributed by atoms with Crippen LogP contribution in [-0.2, 0) is 33.8 Å². The lowest BCUT2D eigenvalue weighted by atomic mass is 10.1. The Bertz CT molecular complexity index is 1200. The van der Waals surface area contributed by atoms with Crippen LogP contribution in [0.1, 0.15) is 23.9 Å². The van der Waals surface area contributed by atoms with Crippen molar-refractivity contribution in [2.75, 3.05) is 36.9 Å². The van der Waals surface area contributed by atoms with Gasteiger partial charge in [0.15, 0.2) is 17.0 Å². The maximum Gasteiger partial charge on any atom is 0.251 e. The summed E-state index contributed by atoms with van der Waals surface area (Å²) >= 11 is 0. The first-order valence-electron chi connectivity index (χ1n) is 9.94. The minimum absolute atomic E-state index is 0.193. The number of sulfone groups is 1. The van der Waals surface area contributed by atoms with Crippen molar-refractivity contribution in [1.29, 1.82) is 0 Å². The summed E-state index contributed by atoms with van der Waals surface area (Å²) in [5.41, 5.74) is 9.17. The number of nitrogens with two attached hydrogens (primary N) is 1. The van der Waals surface area contributed by atoms with Crippen LogP contribution >= 0.6 is 0 Å². The third-order valence-electron chi connectivity index (χ3n) is 5.38. The number of anilines is 2. The first kappa shape index (κ1) is 20.5. The largest absolute Gasteiger partial charge is 0.399 e. The van der Waals surface area contributed by atoms with Crippen LogP contribution < -0.4 is 10.6 Å². The molecule has 0 radical (unpaired) electrons. The highest BCUT2D eigenvalue weighted by Gasteiger charge is 2.27. The second kappa shape index (κ2) is 7.84. The Morgan fingerprint density at radius 3 is 2.57 bits per heavy atom. The molecule has 3 aromatic rings. The Labute approximate surface area is 175 Å². The predicted molar refractivity (Wildman–Crippen MR) is 115 cm³/mol. The second-order valence-electron chi connectivity index (χ2n) is 7.49. The maximum absolute atomic E-state index is 13.2. The summed E-state index contributed by atoms with van der Waals surface area (Å²) in [5, 5.41) is -0.193.